The number of aliphatic hydroxyl groups excluding tert-OH is 1. The lowest BCUT2D eigenvalue weighted by Gasteiger charge is -2.10. The Kier molecular flexibility index (Phi) is 39.9. The normalized spacial score (nSPS) is 12.3. The monoisotopic (exact) mass is 607 g/mol. The minimum atomic E-state index is -0.0350. The fourth-order valence-electron chi connectivity index (χ4n) is 6.88. The zero-order chi connectivity index (χ0) is 31.2. The molecule has 0 heterocycles. The predicted molar refractivity (Wildman–Crippen MR) is 197 cm³/mol. The lowest BCUT2D eigenvalue weighted by molar-refractivity contribution is 0.147. The van der Waals surface area contributed by atoms with E-state index in [9.17, 15) is 5.11 Å². The Morgan fingerprint density at radius 1 is 0.233 bits per heavy atom. The topological polar surface area (TPSA) is 20.2 Å². The minimum Gasteiger partial charge on any atom is -0.393 e. The van der Waals surface area contributed by atoms with Gasteiger partial charge in [0.25, 0.3) is 0 Å². The van der Waals surface area contributed by atoms with Gasteiger partial charge >= 0.3 is 0 Å². The van der Waals surface area contributed by atoms with Crippen LogP contribution in [0.4, 0.5) is 0 Å². The predicted octanol–water partition coefficient (Wildman–Crippen LogP) is 15.6. The maximum Gasteiger partial charge on any atom is 0.0540 e. The van der Waals surface area contributed by atoms with Crippen molar-refractivity contribution >= 4 is 0 Å². The summed E-state index contributed by atoms with van der Waals surface area (Å²) in [4.78, 5) is 0. The van der Waals surface area contributed by atoms with Gasteiger partial charge < -0.3 is 5.11 Å². The molecule has 0 saturated heterocycles. The molecular formula is C42H86O. The second kappa shape index (κ2) is 40.0. The van der Waals surface area contributed by atoms with E-state index in [4.69, 9.17) is 0 Å². The molecule has 1 atom stereocenters. The van der Waals surface area contributed by atoms with E-state index in [-0.39, 0.29) is 6.10 Å². The van der Waals surface area contributed by atoms with Crippen LogP contribution in [0.3, 0.4) is 0 Å². The Morgan fingerprint density at radius 3 is 0.535 bits per heavy atom. The minimum absolute atomic E-state index is 0.0350. The standard InChI is InChI=1S/C42H86O/c1-3-5-7-9-11-13-15-17-19-20-21-22-23-24-25-26-27-29-31-33-35-37-39-41-42(43)40-38-36-34-32-30-28-18-16-14-12-10-8-6-4-2/h42-43H,3-41H2,1-2H3. The van der Waals surface area contributed by atoms with E-state index in [2.05, 4.69) is 13.8 Å². The lowest BCUT2D eigenvalue weighted by atomic mass is 10.0. The Bertz CT molecular complexity index is 460. The van der Waals surface area contributed by atoms with Crippen molar-refractivity contribution < 1.29 is 5.11 Å². The molecule has 0 bridgehead atoms. The van der Waals surface area contributed by atoms with Gasteiger partial charge in [0.2, 0.25) is 0 Å². The molecule has 1 unspecified atom stereocenters. The molecule has 0 aromatic rings. The van der Waals surface area contributed by atoms with Gasteiger partial charge in [0.1, 0.15) is 0 Å². The van der Waals surface area contributed by atoms with Crippen molar-refractivity contribution in [3.8, 4) is 0 Å². The van der Waals surface area contributed by atoms with Crippen molar-refractivity contribution in [2.45, 2.75) is 270 Å². The van der Waals surface area contributed by atoms with Gasteiger partial charge in [-0.1, -0.05) is 251 Å². The third kappa shape index (κ3) is 39.9. The number of hydrogen-bond acceptors (Lipinski definition) is 1. The van der Waals surface area contributed by atoms with Gasteiger partial charge in [-0.05, 0) is 12.8 Å². The lowest BCUT2D eigenvalue weighted by Crippen LogP contribution is -2.05. The van der Waals surface area contributed by atoms with E-state index in [1.54, 1.807) is 0 Å². The fraction of sp³-hybridized carbons (Fsp3) is 1.00. The molecule has 0 aliphatic heterocycles. The zero-order valence-electron chi connectivity index (χ0n) is 30.6. The number of unbranched alkanes of at least 4 members (excludes halogenated alkanes) is 35. The molecule has 43 heavy (non-hydrogen) atoms. The van der Waals surface area contributed by atoms with Gasteiger partial charge in [0.15, 0.2) is 0 Å². The molecule has 1 heteroatoms. The molecule has 1 N–H and O–H groups in total. The quantitative estimate of drug-likeness (QED) is 0.0690. The Labute approximate surface area is 274 Å². The summed E-state index contributed by atoms with van der Waals surface area (Å²) < 4.78 is 0. The van der Waals surface area contributed by atoms with Crippen molar-refractivity contribution in [3.05, 3.63) is 0 Å². The van der Waals surface area contributed by atoms with Crippen molar-refractivity contribution in [1.29, 1.82) is 0 Å². The summed E-state index contributed by atoms with van der Waals surface area (Å²) in [5.74, 6) is 0. The van der Waals surface area contributed by atoms with Gasteiger partial charge in [0.05, 0.1) is 6.10 Å². The van der Waals surface area contributed by atoms with Crippen LogP contribution in [-0.2, 0) is 0 Å². The first kappa shape index (κ1) is 43.0. The van der Waals surface area contributed by atoms with Crippen molar-refractivity contribution in [1.82, 2.24) is 0 Å². The largest absolute Gasteiger partial charge is 0.393 e. The van der Waals surface area contributed by atoms with Crippen molar-refractivity contribution in [3.63, 3.8) is 0 Å². The van der Waals surface area contributed by atoms with Gasteiger partial charge in [-0.15, -0.1) is 0 Å². The Hall–Kier alpha value is -0.0400. The zero-order valence-corrected chi connectivity index (χ0v) is 30.6. The smallest absolute Gasteiger partial charge is 0.0540 e. The van der Waals surface area contributed by atoms with Crippen LogP contribution in [0, 0.1) is 0 Å². The van der Waals surface area contributed by atoms with Crippen molar-refractivity contribution in [2.24, 2.45) is 0 Å². The molecule has 0 aliphatic rings. The number of hydrogen-bond donors (Lipinski definition) is 1. The van der Waals surface area contributed by atoms with Gasteiger partial charge in [-0.2, -0.15) is 0 Å². The molecule has 1 nitrogen and oxygen atoms in total. The van der Waals surface area contributed by atoms with Crippen LogP contribution in [0.25, 0.3) is 0 Å². The molecule has 0 fully saturated rings. The summed E-state index contributed by atoms with van der Waals surface area (Å²) in [6.07, 6.45) is 54.9. The molecule has 0 radical (unpaired) electrons. The molecular weight excluding hydrogens is 520 g/mol. The second-order valence-corrected chi connectivity index (χ2v) is 14.6. The maximum atomic E-state index is 10.3. The van der Waals surface area contributed by atoms with E-state index < -0.39 is 0 Å². The second-order valence-electron chi connectivity index (χ2n) is 14.6. The molecule has 0 spiro atoms. The summed E-state index contributed by atoms with van der Waals surface area (Å²) in [7, 11) is 0. The highest BCUT2D eigenvalue weighted by Crippen LogP contribution is 2.18. The molecule has 260 valence electrons. The van der Waals surface area contributed by atoms with E-state index in [0.717, 1.165) is 12.8 Å². The first-order chi connectivity index (χ1) is 21.3. The molecule has 0 aromatic heterocycles. The van der Waals surface area contributed by atoms with Crippen LogP contribution >= 0.6 is 0 Å². The average molecular weight is 607 g/mol. The number of rotatable bonds is 39. The summed E-state index contributed by atoms with van der Waals surface area (Å²) in [6, 6.07) is 0. The van der Waals surface area contributed by atoms with E-state index >= 15 is 0 Å². The highest BCUT2D eigenvalue weighted by Gasteiger charge is 2.04. The molecule has 0 amide bonds. The van der Waals surface area contributed by atoms with Crippen molar-refractivity contribution in [2.75, 3.05) is 0 Å². The van der Waals surface area contributed by atoms with E-state index in [1.165, 1.54) is 238 Å². The first-order valence-electron chi connectivity index (χ1n) is 21.0. The summed E-state index contributed by atoms with van der Waals surface area (Å²) in [5.41, 5.74) is 0. The molecule has 0 aliphatic carbocycles. The fourth-order valence-corrected chi connectivity index (χ4v) is 6.88. The van der Waals surface area contributed by atoms with Gasteiger partial charge in [0, 0.05) is 0 Å². The average Bonchev–Trinajstić information content (AvgIpc) is 3.01. The summed E-state index contributed by atoms with van der Waals surface area (Å²) in [5, 5.41) is 10.3. The SMILES string of the molecule is CCCCCCCCCCCCCCCCCCCCCCCCCC(O)CCCCCCCCCCCCCCCC. The Morgan fingerprint density at radius 2 is 0.372 bits per heavy atom. The van der Waals surface area contributed by atoms with Crippen LogP contribution in [0.5, 0.6) is 0 Å². The van der Waals surface area contributed by atoms with Gasteiger partial charge in [-0.25, -0.2) is 0 Å². The maximum absolute atomic E-state index is 10.3. The molecule has 0 rings (SSSR count). The van der Waals surface area contributed by atoms with Crippen LogP contribution < -0.4 is 0 Å². The van der Waals surface area contributed by atoms with Crippen LogP contribution in [-0.4, -0.2) is 11.2 Å². The first-order valence-corrected chi connectivity index (χ1v) is 21.0. The van der Waals surface area contributed by atoms with E-state index in [1.807, 2.05) is 0 Å². The highest BCUT2D eigenvalue weighted by molar-refractivity contribution is 4.58. The highest BCUT2D eigenvalue weighted by atomic mass is 16.3. The van der Waals surface area contributed by atoms with Crippen LogP contribution in [0.1, 0.15) is 264 Å². The summed E-state index contributed by atoms with van der Waals surface area (Å²) >= 11 is 0. The Balaban J connectivity index is 3.13. The number of aliphatic hydroxyl groups is 1. The van der Waals surface area contributed by atoms with Crippen LogP contribution in [0.15, 0.2) is 0 Å². The van der Waals surface area contributed by atoms with Gasteiger partial charge in [-0.3, -0.25) is 0 Å². The third-order valence-corrected chi connectivity index (χ3v) is 10.0. The molecule has 0 saturated carbocycles. The summed E-state index contributed by atoms with van der Waals surface area (Å²) in [6.45, 7) is 4.60. The third-order valence-electron chi connectivity index (χ3n) is 10.0. The van der Waals surface area contributed by atoms with Crippen LogP contribution in [0.2, 0.25) is 0 Å². The van der Waals surface area contributed by atoms with E-state index in [0.29, 0.717) is 0 Å². The molecule has 0 aromatic carbocycles.